The van der Waals surface area contributed by atoms with Crippen LogP contribution in [0.1, 0.15) is 450 Å². The topological polar surface area (TPSA) is 307 Å². The minimum Gasteiger partial charge on any atom is -0.394 e. The molecule has 3 rings (SSSR count). The molecule has 19 nitrogen and oxygen atoms in total. The second-order valence-corrected chi connectivity index (χ2v) is 35.2. The maximum Gasteiger partial charge on any atom is 0.220 e. The van der Waals surface area contributed by atoms with Crippen LogP contribution in [-0.2, 0) is 33.2 Å². The molecule has 0 aromatic heterocycles. The van der Waals surface area contributed by atoms with E-state index in [-0.39, 0.29) is 18.9 Å². The van der Waals surface area contributed by atoms with Gasteiger partial charge >= 0.3 is 0 Å². The van der Waals surface area contributed by atoms with Crippen molar-refractivity contribution in [1.82, 2.24) is 5.32 Å². The van der Waals surface area contributed by atoms with Crippen LogP contribution in [0.3, 0.4) is 0 Å². The number of rotatable bonds is 82. The van der Waals surface area contributed by atoms with Crippen molar-refractivity contribution in [3.63, 3.8) is 0 Å². The number of unbranched alkanes of at least 4 members (excludes halogenated alkanes) is 64. The molecule has 115 heavy (non-hydrogen) atoms. The summed E-state index contributed by atoms with van der Waals surface area (Å²) in [6.07, 6.45) is 70.9. The molecular weight excluding hydrogens is 1460 g/mol. The number of aliphatic hydroxyl groups is 11. The van der Waals surface area contributed by atoms with E-state index in [1.54, 1.807) is 6.08 Å². The molecule has 3 aliphatic heterocycles. The third kappa shape index (κ3) is 53.8. The Morgan fingerprint density at radius 1 is 0.304 bits per heavy atom. The minimum atomic E-state index is -1.98. The highest BCUT2D eigenvalue weighted by Gasteiger charge is 2.54. The largest absolute Gasteiger partial charge is 0.394 e. The van der Waals surface area contributed by atoms with Gasteiger partial charge in [-0.15, -0.1) is 0 Å². The first kappa shape index (κ1) is 107. The third-order valence-corrected chi connectivity index (χ3v) is 24.8. The Balaban J connectivity index is 1.30. The van der Waals surface area contributed by atoms with Crippen LogP contribution >= 0.6 is 0 Å². The van der Waals surface area contributed by atoms with Crippen LogP contribution in [0.2, 0.25) is 0 Å². The van der Waals surface area contributed by atoms with Gasteiger partial charge in [0.25, 0.3) is 0 Å². The Kier molecular flexibility index (Phi) is 71.0. The second kappa shape index (κ2) is 76.0. The van der Waals surface area contributed by atoms with Crippen LogP contribution in [0, 0.1) is 0 Å². The third-order valence-electron chi connectivity index (χ3n) is 24.8. The molecule has 17 atom stereocenters. The zero-order valence-corrected chi connectivity index (χ0v) is 73.8. The van der Waals surface area contributed by atoms with E-state index in [2.05, 4.69) is 31.3 Å². The average molecular weight is 1640 g/mol. The summed E-state index contributed by atoms with van der Waals surface area (Å²) in [5.41, 5.74) is 0. The maximum absolute atomic E-state index is 13.5. The molecule has 19 heteroatoms. The van der Waals surface area contributed by atoms with Crippen molar-refractivity contribution in [2.45, 2.75) is 555 Å². The van der Waals surface area contributed by atoms with Gasteiger partial charge in [-0.05, 0) is 32.1 Å². The highest BCUT2D eigenvalue weighted by molar-refractivity contribution is 5.76. The molecule has 12 N–H and O–H groups in total. The van der Waals surface area contributed by atoms with E-state index < -0.39 is 124 Å². The van der Waals surface area contributed by atoms with E-state index >= 15 is 0 Å². The molecule has 0 radical (unpaired) electrons. The number of carbonyl (C=O) groups excluding carboxylic acids is 1. The summed E-state index contributed by atoms with van der Waals surface area (Å²) in [4.78, 5) is 13.5. The Hall–Kier alpha value is -1.73. The van der Waals surface area contributed by atoms with Crippen molar-refractivity contribution in [1.29, 1.82) is 0 Å². The molecule has 3 saturated heterocycles. The highest BCUT2D eigenvalue weighted by atomic mass is 16.8. The number of ether oxygens (including phenoxy) is 6. The van der Waals surface area contributed by atoms with Crippen LogP contribution < -0.4 is 5.32 Å². The summed E-state index contributed by atoms with van der Waals surface area (Å²) in [7, 11) is 0. The van der Waals surface area contributed by atoms with Crippen molar-refractivity contribution < 1.29 is 89.4 Å². The molecule has 17 unspecified atom stereocenters. The standard InChI is InChI=1S/C96H183NO18/c1-3-5-7-9-11-13-15-17-19-21-23-25-27-29-31-33-35-37-38-39-40-41-42-44-46-48-50-52-54-56-58-60-62-64-66-68-70-72-74-84(102)97-79(80(101)73-71-69-67-65-63-61-59-57-55-53-51-49-47-45-43-36-34-32-30-28-26-24-22-20-18-16-14-12-10-8-6-4-2)78-110-94-90(108)87(105)92(82(76-99)112-94)115-96-91(109)88(106)93(83(77-100)113-96)114-95-89(107)86(104)85(103)81(75-98)111-95/h63,65,71,73,79-83,85-96,98-101,103-109H,3-62,64,66-70,72,74-78H2,1-2H3,(H,97,102)/b65-63+,73-71+. The summed E-state index contributed by atoms with van der Waals surface area (Å²) in [6, 6.07) is -0.990. The number of amides is 1. The molecule has 3 heterocycles. The van der Waals surface area contributed by atoms with Crippen LogP contribution in [0.25, 0.3) is 0 Å². The zero-order chi connectivity index (χ0) is 83.1. The van der Waals surface area contributed by atoms with E-state index in [0.717, 1.165) is 38.5 Å². The van der Waals surface area contributed by atoms with Gasteiger partial charge in [-0.2, -0.15) is 0 Å². The fourth-order valence-corrected chi connectivity index (χ4v) is 17.0. The number of hydrogen-bond acceptors (Lipinski definition) is 18. The molecule has 3 fully saturated rings. The lowest BCUT2D eigenvalue weighted by Gasteiger charge is -2.48. The maximum atomic E-state index is 13.5. The summed E-state index contributed by atoms with van der Waals surface area (Å²) in [6.45, 7) is 1.81. The fraction of sp³-hybridized carbons (Fsp3) is 0.948. The first-order valence-corrected chi connectivity index (χ1v) is 49.1. The lowest BCUT2D eigenvalue weighted by atomic mass is 9.96. The molecule has 680 valence electrons. The van der Waals surface area contributed by atoms with Gasteiger partial charge in [-0.3, -0.25) is 4.79 Å². The molecule has 3 aliphatic rings. The van der Waals surface area contributed by atoms with Crippen molar-refractivity contribution in [2.24, 2.45) is 0 Å². The predicted molar refractivity (Wildman–Crippen MR) is 467 cm³/mol. The van der Waals surface area contributed by atoms with Crippen molar-refractivity contribution in [3.8, 4) is 0 Å². The first-order chi connectivity index (χ1) is 56.3. The van der Waals surface area contributed by atoms with Crippen LogP contribution in [0.4, 0.5) is 0 Å². The number of nitrogens with one attached hydrogen (secondary N) is 1. The van der Waals surface area contributed by atoms with E-state index in [0.29, 0.717) is 12.8 Å². The van der Waals surface area contributed by atoms with Gasteiger partial charge in [0.05, 0.1) is 38.6 Å². The normalized spacial score (nSPS) is 24.6. The SMILES string of the molecule is CCCCCCCCCCCCCCCCCCCCCCCCCCCC/C=C/CC/C=C/C(O)C(COC1OC(CO)C(OC2OC(CO)C(OC3OC(CO)C(O)C(O)C3O)C(O)C2O)C(O)C1O)NC(=O)CCCCCCCCCCCCCCCCCCCCCCCCCCCCCCCCCCCCCCCC. The Bertz CT molecular complexity index is 2160. The molecule has 1 amide bonds. The van der Waals surface area contributed by atoms with Crippen molar-refractivity contribution in [2.75, 3.05) is 26.4 Å². The average Bonchev–Trinajstić information content (AvgIpc) is 0.777. The van der Waals surface area contributed by atoms with E-state index in [1.807, 2.05) is 6.08 Å². The summed E-state index contributed by atoms with van der Waals surface area (Å²) >= 11 is 0. The predicted octanol–water partition coefficient (Wildman–Crippen LogP) is 20.0. The minimum absolute atomic E-state index is 0.242. The zero-order valence-electron chi connectivity index (χ0n) is 73.8. The Morgan fingerprint density at radius 3 is 0.870 bits per heavy atom. The van der Waals surface area contributed by atoms with Crippen LogP contribution in [0.5, 0.6) is 0 Å². The fourth-order valence-electron chi connectivity index (χ4n) is 17.0. The van der Waals surface area contributed by atoms with Gasteiger partial charge in [-0.25, -0.2) is 0 Å². The van der Waals surface area contributed by atoms with Gasteiger partial charge in [-0.1, -0.05) is 436 Å². The number of hydrogen-bond donors (Lipinski definition) is 12. The van der Waals surface area contributed by atoms with Crippen LogP contribution in [-0.4, -0.2) is 193 Å². The van der Waals surface area contributed by atoms with Gasteiger partial charge in [0.2, 0.25) is 5.91 Å². The van der Waals surface area contributed by atoms with E-state index in [1.165, 1.54) is 379 Å². The highest BCUT2D eigenvalue weighted by Crippen LogP contribution is 2.34. The molecule has 0 bridgehead atoms. The van der Waals surface area contributed by atoms with Crippen LogP contribution in [0.15, 0.2) is 24.3 Å². The van der Waals surface area contributed by atoms with Crippen molar-refractivity contribution in [3.05, 3.63) is 24.3 Å². The van der Waals surface area contributed by atoms with E-state index in [9.17, 15) is 61.0 Å². The Morgan fingerprint density at radius 2 is 0.557 bits per heavy atom. The summed E-state index contributed by atoms with van der Waals surface area (Å²) in [5, 5.41) is 121. The van der Waals surface area contributed by atoms with Gasteiger partial charge < -0.3 is 89.9 Å². The van der Waals surface area contributed by atoms with Gasteiger partial charge in [0.1, 0.15) is 73.2 Å². The first-order valence-electron chi connectivity index (χ1n) is 49.1. The van der Waals surface area contributed by atoms with Gasteiger partial charge in [0.15, 0.2) is 18.9 Å². The van der Waals surface area contributed by atoms with Gasteiger partial charge in [0, 0.05) is 6.42 Å². The lowest BCUT2D eigenvalue weighted by Crippen LogP contribution is -2.66. The molecule has 0 spiro atoms. The monoisotopic (exact) mass is 1640 g/mol. The second-order valence-electron chi connectivity index (χ2n) is 35.2. The molecular formula is C96H183NO18. The lowest BCUT2D eigenvalue weighted by molar-refractivity contribution is -0.379. The van der Waals surface area contributed by atoms with E-state index in [4.69, 9.17) is 28.4 Å². The van der Waals surface area contributed by atoms with Crippen molar-refractivity contribution >= 4 is 5.91 Å². The number of aliphatic hydroxyl groups excluding tert-OH is 11. The number of allylic oxidation sites excluding steroid dienone is 3. The quantitative estimate of drug-likeness (QED) is 0.0199. The molecule has 0 aromatic carbocycles. The molecule has 0 aliphatic carbocycles. The smallest absolute Gasteiger partial charge is 0.220 e. The number of carbonyl (C=O) groups is 1. The summed E-state index contributed by atoms with van der Waals surface area (Å²) < 4.78 is 34.6. The summed E-state index contributed by atoms with van der Waals surface area (Å²) in [5.74, 6) is -0.275. The molecule has 0 saturated carbocycles. The molecule has 0 aromatic rings. The Labute approximate surface area is 702 Å².